The first kappa shape index (κ1) is 20.2. The van der Waals surface area contributed by atoms with Crippen molar-refractivity contribution >= 4 is 47.1 Å². The summed E-state index contributed by atoms with van der Waals surface area (Å²) >= 11 is 1.12. The second kappa shape index (κ2) is 8.67. The molecule has 0 saturated carbocycles. The first-order valence-electron chi connectivity index (χ1n) is 8.41. The van der Waals surface area contributed by atoms with Crippen molar-refractivity contribution in [2.75, 3.05) is 17.3 Å². The molecule has 148 valence electrons. The number of urea groups is 1. The lowest BCUT2D eigenvalue weighted by molar-refractivity contribution is -0.387. The van der Waals surface area contributed by atoms with Gasteiger partial charge in [0.15, 0.2) is 0 Å². The van der Waals surface area contributed by atoms with Crippen LogP contribution in [0.5, 0.6) is 0 Å². The van der Waals surface area contributed by atoms with Crippen molar-refractivity contribution < 1.29 is 24.4 Å². The van der Waals surface area contributed by atoms with Crippen LogP contribution in [0.25, 0.3) is 6.08 Å². The molecule has 3 rings (SSSR count). The Labute approximate surface area is 169 Å². The van der Waals surface area contributed by atoms with Crippen LogP contribution in [0.2, 0.25) is 0 Å². The number of nitro groups is 1. The van der Waals surface area contributed by atoms with Crippen molar-refractivity contribution in [3.63, 3.8) is 0 Å². The minimum atomic E-state index is -0.881. The molecule has 1 fully saturated rings. The summed E-state index contributed by atoms with van der Waals surface area (Å²) < 4.78 is 0. The van der Waals surface area contributed by atoms with E-state index >= 15 is 0 Å². The van der Waals surface area contributed by atoms with E-state index in [1.807, 2.05) is 0 Å². The number of imide groups is 2. The third-order valence-electron chi connectivity index (χ3n) is 3.96. The molecule has 0 bridgehead atoms. The number of amides is 4. The Bertz CT molecular complexity index is 1020. The summed E-state index contributed by atoms with van der Waals surface area (Å²) in [6.45, 7) is -0.133. The Morgan fingerprint density at radius 2 is 1.86 bits per heavy atom. The standard InChI is InChI=1S/C19H15N3O6S/c23-8-9-29-16-7-6-12(11-15(16)22(27)28)10-14-17(24)20-19(26)21(18(14)25)13-4-2-1-3-5-13/h1-7,10-11,23H,8-9H2,(H,20,24,26). The van der Waals surface area contributed by atoms with Crippen LogP contribution in [0.1, 0.15) is 5.56 Å². The van der Waals surface area contributed by atoms with Crippen LogP contribution in [-0.4, -0.2) is 40.2 Å². The molecule has 0 aliphatic carbocycles. The molecule has 0 radical (unpaired) electrons. The van der Waals surface area contributed by atoms with E-state index in [1.165, 1.54) is 24.3 Å². The summed E-state index contributed by atoms with van der Waals surface area (Å²) in [6, 6.07) is 11.4. The van der Waals surface area contributed by atoms with E-state index in [4.69, 9.17) is 5.11 Å². The van der Waals surface area contributed by atoms with E-state index in [1.54, 1.807) is 30.3 Å². The van der Waals surface area contributed by atoms with Gasteiger partial charge in [-0.05, 0) is 29.8 Å². The molecule has 0 spiro atoms. The number of benzene rings is 2. The van der Waals surface area contributed by atoms with Crippen molar-refractivity contribution in [3.8, 4) is 0 Å². The maximum atomic E-state index is 12.8. The summed E-state index contributed by atoms with van der Waals surface area (Å²) in [5.74, 6) is -1.42. The molecule has 10 heteroatoms. The van der Waals surface area contributed by atoms with Crippen LogP contribution in [0, 0.1) is 10.1 Å². The van der Waals surface area contributed by atoms with Crippen molar-refractivity contribution in [1.29, 1.82) is 0 Å². The summed E-state index contributed by atoms with van der Waals surface area (Å²) in [6.07, 6.45) is 1.20. The van der Waals surface area contributed by atoms with Gasteiger partial charge in [-0.25, -0.2) is 9.69 Å². The van der Waals surface area contributed by atoms with E-state index in [0.717, 1.165) is 16.7 Å². The Hall–Kier alpha value is -3.50. The minimum Gasteiger partial charge on any atom is -0.396 e. The van der Waals surface area contributed by atoms with Gasteiger partial charge in [0.2, 0.25) is 0 Å². The highest BCUT2D eigenvalue weighted by atomic mass is 32.2. The number of nitro benzene ring substituents is 1. The fourth-order valence-electron chi connectivity index (χ4n) is 2.68. The molecule has 2 aromatic carbocycles. The number of nitrogens with one attached hydrogen (secondary N) is 1. The molecule has 2 aromatic rings. The monoisotopic (exact) mass is 413 g/mol. The number of carbonyl (C=O) groups excluding carboxylic acids is 3. The number of rotatable bonds is 6. The van der Waals surface area contributed by atoms with Gasteiger partial charge in [0.25, 0.3) is 17.5 Å². The quantitative estimate of drug-likeness (QED) is 0.244. The number of thioether (sulfide) groups is 1. The molecular formula is C19H15N3O6S. The Morgan fingerprint density at radius 1 is 1.14 bits per heavy atom. The zero-order valence-electron chi connectivity index (χ0n) is 14.9. The lowest BCUT2D eigenvalue weighted by Gasteiger charge is -2.26. The average molecular weight is 413 g/mol. The van der Waals surface area contributed by atoms with Gasteiger partial charge in [-0.1, -0.05) is 24.3 Å². The third-order valence-corrected chi connectivity index (χ3v) is 5.00. The predicted molar refractivity (Wildman–Crippen MR) is 106 cm³/mol. The maximum absolute atomic E-state index is 12.8. The first-order chi connectivity index (χ1) is 13.9. The molecule has 1 aliphatic rings. The SMILES string of the molecule is O=C1NC(=O)N(c2ccccc2)C(=O)C1=Cc1ccc(SCCO)c([N+](=O)[O-])c1. The molecule has 0 atom stereocenters. The van der Waals surface area contributed by atoms with Gasteiger partial charge >= 0.3 is 6.03 Å². The van der Waals surface area contributed by atoms with Crippen LogP contribution < -0.4 is 10.2 Å². The van der Waals surface area contributed by atoms with E-state index in [2.05, 4.69) is 5.32 Å². The highest BCUT2D eigenvalue weighted by Gasteiger charge is 2.36. The number of carbonyl (C=O) groups is 3. The highest BCUT2D eigenvalue weighted by Crippen LogP contribution is 2.31. The van der Waals surface area contributed by atoms with Crippen molar-refractivity contribution in [3.05, 3.63) is 69.8 Å². The van der Waals surface area contributed by atoms with Crippen LogP contribution in [-0.2, 0) is 9.59 Å². The second-order valence-electron chi connectivity index (χ2n) is 5.85. The molecular weight excluding hydrogens is 398 g/mol. The van der Waals surface area contributed by atoms with Gasteiger partial charge in [-0.15, -0.1) is 11.8 Å². The number of barbiturate groups is 1. The van der Waals surface area contributed by atoms with E-state index < -0.39 is 22.8 Å². The van der Waals surface area contributed by atoms with Crippen LogP contribution >= 0.6 is 11.8 Å². The Kier molecular flexibility index (Phi) is 6.05. The Balaban J connectivity index is 1.99. The van der Waals surface area contributed by atoms with Crippen molar-refractivity contribution in [2.45, 2.75) is 4.90 Å². The van der Waals surface area contributed by atoms with Gasteiger partial charge in [0.05, 0.1) is 22.1 Å². The molecule has 1 heterocycles. The predicted octanol–water partition coefficient (Wildman–Crippen LogP) is 2.35. The lowest BCUT2D eigenvalue weighted by atomic mass is 10.1. The largest absolute Gasteiger partial charge is 0.396 e. The molecule has 0 aromatic heterocycles. The van der Waals surface area contributed by atoms with Crippen molar-refractivity contribution in [2.24, 2.45) is 0 Å². The van der Waals surface area contributed by atoms with E-state index in [-0.39, 0.29) is 34.9 Å². The van der Waals surface area contributed by atoms with Crippen LogP contribution in [0.3, 0.4) is 0 Å². The summed E-state index contributed by atoms with van der Waals surface area (Å²) in [7, 11) is 0. The van der Waals surface area contributed by atoms with Gasteiger partial charge in [0.1, 0.15) is 5.57 Å². The molecule has 1 aliphatic heterocycles. The third kappa shape index (κ3) is 4.33. The molecule has 2 N–H and O–H groups in total. The zero-order valence-corrected chi connectivity index (χ0v) is 15.7. The number of hydrogen-bond donors (Lipinski definition) is 2. The smallest absolute Gasteiger partial charge is 0.335 e. The number of para-hydroxylation sites is 1. The number of anilines is 1. The number of aliphatic hydroxyl groups is 1. The number of nitrogens with zero attached hydrogens (tertiary/aromatic N) is 2. The number of aliphatic hydroxyl groups excluding tert-OH is 1. The minimum absolute atomic E-state index is 0.133. The molecule has 29 heavy (non-hydrogen) atoms. The van der Waals surface area contributed by atoms with E-state index in [0.29, 0.717) is 4.90 Å². The zero-order chi connectivity index (χ0) is 21.0. The summed E-state index contributed by atoms with van der Waals surface area (Å²) in [5, 5.41) is 22.4. The fraction of sp³-hybridized carbons (Fsp3) is 0.105. The Morgan fingerprint density at radius 3 is 2.52 bits per heavy atom. The topological polar surface area (TPSA) is 130 Å². The average Bonchev–Trinajstić information content (AvgIpc) is 2.70. The first-order valence-corrected chi connectivity index (χ1v) is 9.39. The number of hydrogen-bond acceptors (Lipinski definition) is 7. The normalized spacial score (nSPS) is 15.6. The lowest BCUT2D eigenvalue weighted by Crippen LogP contribution is -2.54. The fourth-order valence-corrected chi connectivity index (χ4v) is 3.44. The van der Waals surface area contributed by atoms with E-state index in [9.17, 15) is 24.5 Å². The molecule has 1 saturated heterocycles. The second-order valence-corrected chi connectivity index (χ2v) is 6.99. The summed E-state index contributed by atoms with van der Waals surface area (Å²) in [5.41, 5.74) is 0.0111. The highest BCUT2D eigenvalue weighted by molar-refractivity contribution is 7.99. The summed E-state index contributed by atoms with van der Waals surface area (Å²) in [4.78, 5) is 49.1. The van der Waals surface area contributed by atoms with Crippen molar-refractivity contribution in [1.82, 2.24) is 5.32 Å². The van der Waals surface area contributed by atoms with Gasteiger partial charge in [-0.3, -0.25) is 25.0 Å². The maximum Gasteiger partial charge on any atom is 0.335 e. The van der Waals surface area contributed by atoms with Gasteiger partial charge < -0.3 is 5.11 Å². The van der Waals surface area contributed by atoms with Crippen LogP contribution in [0.4, 0.5) is 16.2 Å². The molecule has 9 nitrogen and oxygen atoms in total. The molecule has 4 amide bonds. The van der Waals surface area contributed by atoms with Gasteiger partial charge in [-0.2, -0.15) is 0 Å². The van der Waals surface area contributed by atoms with Gasteiger partial charge in [0, 0.05) is 11.8 Å². The van der Waals surface area contributed by atoms with Crippen LogP contribution in [0.15, 0.2) is 59.0 Å². The molecule has 0 unspecified atom stereocenters.